The second-order valence-electron chi connectivity index (χ2n) is 6.69. The molecule has 0 bridgehead atoms. The van der Waals surface area contributed by atoms with Crippen molar-refractivity contribution in [3.63, 3.8) is 0 Å². The Morgan fingerprint density at radius 2 is 1.71 bits per heavy atom. The van der Waals surface area contributed by atoms with Gasteiger partial charge in [-0.05, 0) is 41.8 Å². The van der Waals surface area contributed by atoms with E-state index in [0.29, 0.717) is 18.8 Å². The highest BCUT2D eigenvalue weighted by molar-refractivity contribution is 7.89. The SMILES string of the molecule is CC(=O)Nc1ccc(S(=O)(=O)NCCC(=O)N2CCc3ccccc3C2)cc1. The van der Waals surface area contributed by atoms with Crippen molar-refractivity contribution in [2.75, 3.05) is 18.4 Å². The monoisotopic (exact) mass is 401 g/mol. The van der Waals surface area contributed by atoms with Crippen LogP contribution in [0.1, 0.15) is 24.5 Å². The molecule has 148 valence electrons. The number of rotatable bonds is 6. The Morgan fingerprint density at radius 1 is 1.04 bits per heavy atom. The topological polar surface area (TPSA) is 95.6 Å². The van der Waals surface area contributed by atoms with Gasteiger partial charge in [-0.2, -0.15) is 0 Å². The zero-order valence-corrected chi connectivity index (χ0v) is 16.5. The van der Waals surface area contributed by atoms with E-state index in [1.807, 2.05) is 18.2 Å². The van der Waals surface area contributed by atoms with Crippen molar-refractivity contribution < 1.29 is 18.0 Å². The van der Waals surface area contributed by atoms with Gasteiger partial charge in [0.25, 0.3) is 0 Å². The van der Waals surface area contributed by atoms with Crippen molar-refractivity contribution in [1.82, 2.24) is 9.62 Å². The second kappa shape index (κ2) is 8.53. The predicted octanol–water partition coefficient (Wildman–Crippen LogP) is 1.90. The first kappa shape index (κ1) is 20.0. The number of sulfonamides is 1. The molecule has 2 N–H and O–H groups in total. The highest BCUT2D eigenvalue weighted by atomic mass is 32.2. The van der Waals surface area contributed by atoms with Gasteiger partial charge in [0.15, 0.2) is 0 Å². The number of hydrogen-bond donors (Lipinski definition) is 2. The fourth-order valence-corrected chi connectivity index (χ4v) is 4.19. The summed E-state index contributed by atoms with van der Waals surface area (Å²) in [5, 5.41) is 2.58. The van der Waals surface area contributed by atoms with Crippen LogP contribution in [0.15, 0.2) is 53.4 Å². The number of benzene rings is 2. The van der Waals surface area contributed by atoms with Crippen molar-refractivity contribution in [3.8, 4) is 0 Å². The summed E-state index contributed by atoms with van der Waals surface area (Å²) >= 11 is 0. The standard InChI is InChI=1S/C20H23N3O4S/c1-15(24)22-18-6-8-19(9-7-18)28(26,27)21-12-10-20(25)23-13-11-16-4-2-3-5-17(16)14-23/h2-9,21H,10-14H2,1H3,(H,22,24). The molecule has 0 aliphatic carbocycles. The van der Waals surface area contributed by atoms with Crippen molar-refractivity contribution in [3.05, 3.63) is 59.7 Å². The molecule has 2 aromatic rings. The largest absolute Gasteiger partial charge is 0.338 e. The second-order valence-corrected chi connectivity index (χ2v) is 8.45. The van der Waals surface area contributed by atoms with Gasteiger partial charge in [0.1, 0.15) is 0 Å². The zero-order chi connectivity index (χ0) is 20.1. The Morgan fingerprint density at radius 3 is 2.39 bits per heavy atom. The molecule has 0 unspecified atom stereocenters. The molecule has 1 aliphatic heterocycles. The molecule has 0 atom stereocenters. The summed E-state index contributed by atoms with van der Waals surface area (Å²) in [5.41, 5.74) is 2.92. The van der Waals surface area contributed by atoms with Crippen molar-refractivity contribution in [2.24, 2.45) is 0 Å². The van der Waals surface area contributed by atoms with Crippen LogP contribution in [-0.2, 0) is 32.6 Å². The van der Waals surface area contributed by atoms with Gasteiger partial charge >= 0.3 is 0 Å². The molecule has 28 heavy (non-hydrogen) atoms. The van der Waals surface area contributed by atoms with Crippen LogP contribution in [0.5, 0.6) is 0 Å². The summed E-state index contributed by atoms with van der Waals surface area (Å²) in [7, 11) is -3.71. The molecular formula is C20H23N3O4S. The van der Waals surface area contributed by atoms with Gasteiger partial charge in [-0.3, -0.25) is 9.59 Å². The van der Waals surface area contributed by atoms with Gasteiger partial charge < -0.3 is 10.2 Å². The fourth-order valence-electron chi connectivity index (χ4n) is 3.16. The van der Waals surface area contributed by atoms with Gasteiger partial charge in [-0.15, -0.1) is 0 Å². The molecule has 0 aromatic heterocycles. The molecule has 8 heteroatoms. The van der Waals surface area contributed by atoms with E-state index >= 15 is 0 Å². The van der Waals surface area contributed by atoms with E-state index in [2.05, 4.69) is 16.1 Å². The summed E-state index contributed by atoms with van der Waals surface area (Å²) < 4.78 is 27.2. The number of fused-ring (bicyclic) bond motifs is 1. The number of anilines is 1. The smallest absolute Gasteiger partial charge is 0.240 e. The van der Waals surface area contributed by atoms with Gasteiger partial charge in [-0.25, -0.2) is 13.1 Å². The van der Waals surface area contributed by atoms with E-state index in [1.54, 1.807) is 4.90 Å². The first-order valence-electron chi connectivity index (χ1n) is 9.07. The molecule has 2 amide bonds. The minimum absolute atomic E-state index is 0.0345. The molecule has 0 spiro atoms. The van der Waals surface area contributed by atoms with Gasteiger partial charge in [0.2, 0.25) is 21.8 Å². The number of hydrogen-bond acceptors (Lipinski definition) is 4. The first-order valence-corrected chi connectivity index (χ1v) is 10.6. The lowest BCUT2D eigenvalue weighted by atomic mass is 10.00. The van der Waals surface area contributed by atoms with Gasteiger partial charge in [0.05, 0.1) is 4.90 Å². The van der Waals surface area contributed by atoms with Crippen LogP contribution in [0.25, 0.3) is 0 Å². The van der Waals surface area contributed by atoms with Crippen LogP contribution in [0, 0.1) is 0 Å². The summed E-state index contributed by atoms with van der Waals surface area (Å²) in [4.78, 5) is 25.3. The maximum atomic E-state index is 12.4. The molecule has 1 aliphatic rings. The molecule has 2 aromatic carbocycles. The molecule has 1 heterocycles. The zero-order valence-electron chi connectivity index (χ0n) is 15.6. The minimum atomic E-state index is -3.71. The molecule has 0 saturated heterocycles. The number of carbonyl (C=O) groups excluding carboxylic acids is 2. The predicted molar refractivity (Wildman–Crippen MR) is 106 cm³/mol. The van der Waals surface area contributed by atoms with E-state index in [1.165, 1.54) is 36.8 Å². The first-order chi connectivity index (χ1) is 13.3. The third kappa shape index (κ3) is 4.96. The van der Waals surface area contributed by atoms with Crippen LogP contribution in [-0.4, -0.2) is 38.2 Å². The minimum Gasteiger partial charge on any atom is -0.338 e. The summed E-state index contributed by atoms with van der Waals surface area (Å²) in [5.74, 6) is -0.300. The van der Waals surface area contributed by atoms with E-state index in [9.17, 15) is 18.0 Å². The van der Waals surface area contributed by atoms with Crippen LogP contribution in [0.2, 0.25) is 0 Å². The highest BCUT2D eigenvalue weighted by Crippen LogP contribution is 2.19. The Kier molecular flexibility index (Phi) is 6.11. The number of carbonyl (C=O) groups is 2. The van der Waals surface area contributed by atoms with Crippen LogP contribution >= 0.6 is 0 Å². The lowest BCUT2D eigenvalue weighted by Gasteiger charge is -2.29. The fraction of sp³-hybridized carbons (Fsp3) is 0.300. The maximum absolute atomic E-state index is 12.4. The molecule has 3 rings (SSSR count). The van der Waals surface area contributed by atoms with Crippen LogP contribution in [0.3, 0.4) is 0 Å². The Labute approximate surface area is 164 Å². The summed E-state index contributed by atoms with van der Waals surface area (Å²) in [6.07, 6.45) is 0.916. The van der Waals surface area contributed by atoms with Crippen LogP contribution in [0.4, 0.5) is 5.69 Å². The molecule has 0 radical (unpaired) electrons. The average Bonchev–Trinajstić information content (AvgIpc) is 2.67. The summed E-state index contributed by atoms with van der Waals surface area (Å²) in [6, 6.07) is 13.9. The average molecular weight is 401 g/mol. The lowest BCUT2D eigenvalue weighted by Crippen LogP contribution is -2.38. The summed E-state index contributed by atoms with van der Waals surface area (Å²) in [6.45, 7) is 2.62. The molecular weight excluding hydrogens is 378 g/mol. The number of nitrogens with one attached hydrogen (secondary N) is 2. The third-order valence-electron chi connectivity index (χ3n) is 4.60. The molecule has 0 fully saturated rings. The van der Waals surface area contributed by atoms with E-state index in [0.717, 1.165) is 12.0 Å². The quantitative estimate of drug-likeness (QED) is 0.773. The Balaban J connectivity index is 1.52. The van der Waals surface area contributed by atoms with Crippen molar-refractivity contribution in [1.29, 1.82) is 0 Å². The third-order valence-corrected chi connectivity index (χ3v) is 6.08. The van der Waals surface area contributed by atoms with Crippen molar-refractivity contribution >= 4 is 27.5 Å². The molecule has 0 saturated carbocycles. The van der Waals surface area contributed by atoms with Crippen molar-refractivity contribution in [2.45, 2.75) is 31.2 Å². The Hall–Kier alpha value is -2.71. The highest BCUT2D eigenvalue weighted by Gasteiger charge is 2.21. The number of amides is 2. The van der Waals surface area contributed by atoms with Gasteiger partial charge in [0, 0.05) is 38.7 Å². The van der Waals surface area contributed by atoms with E-state index in [4.69, 9.17) is 0 Å². The molecule has 7 nitrogen and oxygen atoms in total. The van der Waals surface area contributed by atoms with Gasteiger partial charge in [-0.1, -0.05) is 24.3 Å². The normalized spacial score (nSPS) is 13.7. The number of nitrogens with zero attached hydrogens (tertiary/aromatic N) is 1. The van der Waals surface area contributed by atoms with E-state index in [-0.39, 0.29) is 29.7 Å². The maximum Gasteiger partial charge on any atom is 0.240 e. The lowest BCUT2D eigenvalue weighted by molar-refractivity contribution is -0.132. The van der Waals surface area contributed by atoms with Crippen LogP contribution < -0.4 is 10.0 Å². The Bertz CT molecular complexity index is 971. The van der Waals surface area contributed by atoms with E-state index < -0.39 is 10.0 Å².